The Labute approximate surface area is 140 Å². The average Bonchev–Trinajstić information content (AvgIpc) is 2.49. The van der Waals surface area contributed by atoms with E-state index < -0.39 is 38.0 Å². The van der Waals surface area contributed by atoms with Gasteiger partial charge in [0.2, 0.25) is 0 Å². The maximum atomic E-state index is 13.5. The Morgan fingerprint density at radius 3 is 2.48 bits per heavy atom. The Balaban J connectivity index is 2.03. The van der Waals surface area contributed by atoms with Crippen molar-refractivity contribution in [2.24, 2.45) is 0 Å². The lowest BCUT2D eigenvalue weighted by molar-refractivity contribution is 0.0952. The standard InChI is InChI=1S/C15H12BrF2NO3S/c16-10-5-6-12(17)11(9-10)15(20)19-7-8-23(21,22)14-4-2-1-3-13(14)18/h1-6,9H,7-8H2,(H,19,20). The first-order chi connectivity index (χ1) is 10.8. The van der Waals surface area contributed by atoms with E-state index in [9.17, 15) is 22.0 Å². The monoisotopic (exact) mass is 403 g/mol. The van der Waals surface area contributed by atoms with E-state index in [4.69, 9.17) is 0 Å². The minimum atomic E-state index is -3.88. The van der Waals surface area contributed by atoms with Gasteiger partial charge < -0.3 is 5.32 Å². The molecule has 0 saturated carbocycles. The highest BCUT2D eigenvalue weighted by atomic mass is 79.9. The minimum Gasteiger partial charge on any atom is -0.351 e. The molecule has 0 heterocycles. The predicted molar refractivity (Wildman–Crippen MR) is 84.9 cm³/mol. The maximum absolute atomic E-state index is 13.5. The number of carbonyl (C=O) groups excluding carboxylic acids is 1. The molecule has 0 atom stereocenters. The van der Waals surface area contributed by atoms with Crippen LogP contribution < -0.4 is 5.32 Å². The predicted octanol–water partition coefficient (Wildman–Crippen LogP) is 2.93. The number of hydrogen-bond acceptors (Lipinski definition) is 3. The topological polar surface area (TPSA) is 63.2 Å². The molecule has 0 saturated heterocycles. The molecule has 8 heteroatoms. The van der Waals surface area contributed by atoms with Gasteiger partial charge in [-0.3, -0.25) is 4.79 Å². The summed E-state index contributed by atoms with van der Waals surface area (Å²) >= 11 is 3.12. The number of sulfone groups is 1. The lowest BCUT2D eigenvalue weighted by Gasteiger charge is -2.08. The van der Waals surface area contributed by atoms with Crippen LogP contribution in [0.2, 0.25) is 0 Å². The molecule has 0 radical (unpaired) electrons. The average molecular weight is 404 g/mol. The molecule has 0 bridgehead atoms. The molecule has 4 nitrogen and oxygen atoms in total. The second-order valence-electron chi connectivity index (χ2n) is 4.63. The fourth-order valence-electron chi connectivity index (χ4n) is 1.87. The molecule has 122 valence electrons. The molecule has 0 unspecified atom stereocenters. The molecular formula is C15H12BrF2NO3S. The van der Waals surface area contributed by atoms with E-state index in [0.29, 0.717) is 4.47 Å². The highest BCUT2D eigenvalue weighted by Crippen LogP contribution is 2.16. The van der Waals surface area contributed by atoms with Crippen LogP contribution in [0.25, 0.3) is 0 Å². The molecule has 1 amide bonds. The Kier molecular flexibility index (Phi) is 5.48. The first-order valence-corrected chi connectivity index (χ1v) is 8.96. The Hall–Kier alpha value is -1.80. The minimum absolute atomic E-state index is 0.206. The number of benzene rings is 2. The van der Waals surface area contributed by atoms with Gasteiger partial charge in [-0.15, -0.1) is 0 Å². The van der Waals surface area contributed by atoms with Crippen LogP contribution in [0.4, 0.5) is 8.78 Å². The Morgan fingerprint density at radius 1 is 1.09 bits per heavy atom. The normalized spacial score (nSPS) is 11.3. The van der Waals surface area contributed by atoms with Crippen LogP contribution in [-0.2, 0) is 9.84 Å². The third-order valence-electron chi connectivity index (χ3n) is 3.00. The Bertz CT molecular complexity index is 840. The summed E-state index contributed by atoms with van der Waals surface area (Å²) in [4.78, 5) is 11.4. The fourth-order valence-corrected chi connectivity index (χ4v) is 3.48. The van der Waals surface area contributed by atoms with Crippen molar-refractivity contribution in [2.45, 2.75) is 4.90 Å². The second kappa shape index (κ2) is 7.18. The van der Waals surface area contributed by atoms with Crippen molar-refractivity contribution in [1.29, 1.82) is 0 Å². The van der Waals surface area contributed by atoms with Gasteiger partial charge in [-0.1, -0.05) is 28.1 Å². The van der Waals surface area contributed by atoms with E-state index in [-0.39, 0.29) is 12.1 Å². The van der Waals surface area contributed by atoms with E-state index in [2.05, 4.69) is 21.2 Å². The van der Waals surface area contributed by atoms with E-state index in [1.54, 1.807) is 0 Å². The fraction of sp³-hybridized carbons (Fsp3) is 0.133. The van der Waals surface area contributed by atoms with Gasteiger partial charge in [-0.2, -0.15) is 0 Å². The molecule has 0 fully saturated rings. The number of hydrogen-bond donors (Lipinski definition) is 1. The van der Waals surface area contributed by atoms with Crippen molar-refractivity contribution >= 4 is 31.7 Å². The molecule has 2 aromatic rings. The van der Waals surface area contributed by atoms with Crippen molar-refractivity contribution in [1.82, 2.24) is 5.32 Å². The van der Waals surface area contributed by atoms with Crippen molar-refractivity contribution in [3.05, 3.63) is 64.1 Å². The zero-order valence-electron chi connectivity index (χ0n) is 11.7. The third kappa shape index (κ3) is 4.35. The molecule has 23 heavy (non-hydrogen) atoms. The summed E-state index contributed by atoms with van der Waals surface area (Å²) in [6, 6.07) is 8.83. The molecule has 0 aliphatic heterocycles. The van der Waals surface area contributed by atoms with Crippen LogP contribution in [0, 0.1) is 11.6 Å². The van der Waals surface area contributed by atoms with Crippen molar-refractivity contribution < 1.29 is 22.0 Å². The van der Waals surface area contributed by atoms with Gasteiger partial charge in [0.15, 0.2) is 9.84 Å². The van der Waals surface area contributed by atoms with Crippen molar-refractivity contribution in [3.63, 3.8) is 0 Å². The van der Waals surface area contributed by atoms with Crippen LogP contribution in [-0.4, -0.2) is 26.6 Å². The zero-order chi connectivity index (χ0) is 17.0. The number of halogens is 3. The summed E-state index contributed by atoms with van der Waals surface area (Å²) in [5, 5.41) is 2.31. The molecule has 1 N–H and O–H groups in total. The van der Waals surface area contributed by atoms with Crippen molar-refractivity contribution in [3.8, 4) is 0 Å². The summed E-state index contributed by atoms with van der Waals surface area (Å²) in [5.74, 6) is -2.80. The molecule has 0 aliphatic carbocycles. The summed E-state index contributed by atoms with van der Waals surface area (Å²) in [7, 11) is -3.88. The van der Waals surface area contributed by atoms with Crippen LogP contribution >= 0.6 is 15.9 Å². The van der Waals surface area contributed by atoms with Gasteiger partial charge in [-0.25, -0.2) is 17.2 Å². The third-order valence-corrected chi connectivity index (χ3v) is 5.24. The molecule has 2 aromatic carbocycles. The molecular weight excluding hydrogens is 392 g/mol. The molecule has 2 rings (SSSR count). The van der Waals surface area contributed by atoms with Crippen LogP contribution in [0.15, 0.2) is 51.8 Å². The summed E-state index contributed by atoms with van der Waals surface area (Å²) in [5.41, 5.74) is -0.206. The number of amides is 1. The van der Waals surface area contributed by atoms with Gasteiger partial charge >= 0.3 is 0 Å². The van der Waals surface area contributed by atoms with Gasteiger partial charge in [0, 0.05) is 11.0 Å². The Morgan fingerprint density at radius 2 is 1.78 bits per heavy atom. The summed E-state index contributed by atoms with van der Waals surface area (Å²) in [6.07, 6.45) is 0. The number of carbonyl (C=O) groups is 1. The maximum Gasteiger partial charge on any atom is 0.254 e. The quantitative estimate of drug-likeness (QED) is 0.834. The van der Waals surface area contributed by atoms with E-state index in [0.717, 1.165) is 18.2 Å². The lowest BCUT2D eigenvalue weighted by atomic mass is 10.2. The molecule has 0 aliphatic rings. The SMILES string of the molecule is O=C(NCCS(=O)(=O)c1ccccc1F)c1cc(Br)ccc1F. The smallest absolute Gasteiger partial charge is 0.254 e. The second-order valence-corrected chi connectivity index (χ2v) is 7.62. The highest BCUT2D eigenvalue weighted by Gasteiger charge is 2.19. The van der Waals surface area contributed by atoms with Crippen LogP contribution in [0.5, 0.6) is 0 Å². The zero-order valence-corrected chi connectivity index (χ0v) is 14.1. The molecule has 0 spiro atoms. The summed E-state index contributed by atoms with van der Waals surface area (Å²) in [6.45, 7) is -0.262. The lowest BCUT2D eigenvalue weighted by Crippen LogP contribution is -2.30. The van der Waals surface area contributed by atoms with Gasteiger partial charge in [0.1, 0.15) is 16.5 Å². The number of nitrogens with one attached hydrogen (secondary N) is 1. The first-order valence-electron chi connectivity index (χ1n) is 6.52. The van der Waals surface area contributed by atoms with E-state index in [1.807, 2.05) is 0 Å². The van der Waals surface area contributed by atoms with Crippen molar-refractivity contribution in [2.75, 3.05) is 12.3 Å². The van der Waals surface area contributed by atoms with Gasteiger partial charge in [0.25, 0.3) is 5.91 Å². The van der Waals surface area contributed by atoms with Gasteiger partial charge in [0.05, 0.1) is 11.3 Å². The molecule has 0 aromatic heterocycles. The van der Waals surface area contributed by atoms with E-state index in [1.165, 1.54) is 24.3 Å². The first kappa shape index (κ1) is 17.6. The number of rotatable bonds is 5. The van der Waals surface area contributed by atoms with Crippen LogP contribution in [0.3, 0.4) is 0 Å². The van der Waals surface area contributed by atoms with Gasteiger partial charge in [-0.05, 0) is 30.3 Å². The van der Waals surface area contributed by atoms with Crippen LogP contribution in [0.1, 0.15) is 10.4 Å². The highest BCUT2D eigenvalue weighted by molar-refractivity contribution is 9.10. The summed E-state index contributed by atoms with van der Waals surface area (Å²) < 4.78 is 51.6. The largest absolute Gasteiger partial charge is 0.351 e. The van der Waals surface area contributed by atoms with E-state index >= 15 is 0 Å².